The van der Waals surface area contributed by atoms with Gasteiger partial charge in [0.05, 0.1) is 13.2 Å². The molecule has 0 N–H and O–H groups in total. The van der Waals surface area contributed by atoms with Gasteiger partial charge in [0.15, 0.2) is 0 Å². The number of amides is 1. The molecule has 0 spiro atoms. The summed E-state index contributed by atoms with van der Waals surface area (Å²) in [6.07, 6.45) is 1.94. The Hall–Kier alpha value is -2.02. The summed E-state index contributed by atoms with van der Waals surface area (Å²) in [5, 5.41) is 0. The van der Waals surface area contributed by atoms with Gasteiger partial charge in [-0.25, -0.2) is 9.78 Å². The third-order valence-corrected chi connectivity index (χ3v) is 3.71. The molecule has 1 saturated heterocycles. The van der Waals surface area contributed by atoms with Gasteiger partial charge in [-0.05, 0) is 33.8 Å². The molecule has 0 bridgehead atoms. The topological polar surface area (TPSA) is 70.1 Å². The van der Waals surface area contributed by atoms with Gasteiger partial charge in [0.1, 0.15) is 24.1 Å². The van der Waals surface area contributed by atoms with Crippen molar-refractivity contribution in [1.29, 1.82) is 0 Å². The monoisotopic (exact) mass is 352 g/mol. The van der Waals surface area contributed by atoms with E-state index in [4.69, 9.17) is 18.9 Å². The zero-order valence-electron chi connectivity index (χ0n) is 15.7. The van der Waals surface area contributed by atoms with Gasteiger partial charge >= 0.3 is 6.09 Å². The second kappa shape index (κ2) is 8.38. The fraction of sp³-hybridized carbons (Fsp3) is 0.667. The molecule has 0 unspecified atom stereocenters. The average Bonchev–Trinajstić information content (AvgIpc) is 2.87. The second-order valence-electron chi connectivity index (χ2n) is 7.13. The number of ether oxygens (including phenoxy) is 4. The molecule has 0 radical (unpaired) electrons. The fourth-order valence-corrected chi connectivity index (χ4v) is 2.60. The summed E-state index contributed by atoms with van der Waals surface area (Å²) in [5.74, 6) is 1.16. The molecule has 1 fully saturated rings. The Bertz CT molecular complexity index is 573. The zero-order valence-corrected chi connectivity index (χ0v) is 15.7. The van der Waals surface area contributed by atoms with Crippen molar-refractivity contribution in [3.05, 3.63) is 18.3 Å². The van der Waals surface area contributed by atoms with Crippen LogP contribution in [0.3, 0.4) is 0 Å². The normalized spacial score (nSPS) is 20.4. The summed E-state index contributed by atoms with van der Waals surface area (Å²) in [4.78, 5) is 18.2. The number of carbonyl (C=O) groups excluding carboxylic acids is 1. The van der Waals surface area contributed by atoms with Gasteiger partial charge in [0.2, 0.25) is 5.88 Å². The molecular weight excluding hydrogens is 324 g/mol. The smallest absolute Gasteiger partial charge is 0.410 e. The summed E-state index contributed by atoms with van der Waals surface area (Å²) in [6.45, 7) is 9.03. The lowest BCUT2D eigenvalue weighted by Crippen LogP contribution is -2.39. The molecule has 0 saturated carbocycles. The molecule has 140 valence electrons. The highest BCUT2D eigenvalue weighted by molar-refractivity contribution is 5.69. The number of methoxy groups -OCH3 is 1. The highest BCUT2D eigenvalue weighted by Crippen LogP contribution is 2.25. The minimum absolute atomic E-state index is 0.0565. The molecule has 7 nitrogen and oxygen atoms in total. The molecule has 1 aromatic rings. The first-order valence-corrected chi connectivity index (χ1v) is 8.52. The van der Waals surface area contributed by atoms with Gasteiger partial charge in [-0.3, -0.25) is 0 Å². The van der Waals surface area contributed by atoms with Gasteiger partial charge < -0.3 is 23.8 Å². The molecule has 2 heterocycles. The van der Waals surface area contributed by atoms with Crippen LogP contribution >= 0.6 is 0 Å². The summed E-state index contributed by atoms with van der Waals surface area (Å²) >= 11 is 0. The minimum Gasteiger partial charge on any atom is -0.491 e. The van der Waals surface area contributed by atoms with E-state index in [1.54, 1.807) is 30.3 Å². The van der Waals surface area contributed by atoms with Crippen molar-refractivity contribution in [3.63, 3.8) is 0 Å². The predicted molar refractivity (Wildman–Crippen MR) is 93.0 cm³/mol. The highest BCUT2D eigenvalue weighted by atomic mass is 16.6. The number of hydrogen-bond acceptors (Lipinski definition) is 6. The third kappa shape index (κ3) is 6.08. The van der Waals surface area contributed by atoms with Crippen molar-refractivity contribution in [2.24, 2.45) is 0 Å². The molecule has 1 aromatic heterocycles. The number of likely N-dealkylation sites (tertiary alicyclic amines) is 1. The van der Waals surface area contributed by atoms with Crippen molar-refractivity contribution >= 4 is 6.09 Å². The van der Waals surface area contributed by atoms with Crippen molar-refractivity contribution in [2.45, 2.75) is 51.9 Å². The Morgan fingerprint density at radius 2 is 2.12 bits per heavy atom. The van der Waals surface area contributed by atoms with Crippen LogP contribution in [0.15, 0.2) is 18.3 Å². The number of carbonyl (C=O) groups is 1. The molecule has 1 aliphatic heterocycles. The van der Waals surface area contributed by atoms with Crippen LogP contribution in [-0.4, -0.2) is 60.6 Å². The standard InChI is InChI=1S/C18H28N2O5/c1-13-10-15(12-20(13)17(21)25-18(2,3)4)24-16-11-14(6-7-19-16)23-9-8-22-5/h6-7,11,13,15H,8-10,12H2,1-5H3/t13-,15+/m0/s1. The quantitative estimate of drug-likeness (QED) is 0.733. The van der Waals surface area contributed by atoms with Crippen molar-refractivity contribution in [1.82, 2.24) is 9.88 Å². The maximum atomic E-state index is 12.3. The Labute approximate surface area is 149 Å². The van der Waals surface area contributed by atoms with Crippen LogP contribution in [0.5, 0.6) is 11.6 Å². The van der Waals surface area contributed by atoms with E-state index < -0.39 is 5.60 Å². The van der Waals surface area contributed by atoms with Gasteiger partial charge in [-0.2, -0.15) is 0 Å². The van der Waals surface area contributed by atoms with Crippen LogP contribution in [0.1, 0.15) is 34.1 Å². The summed E-state index contributed by atoms with van der Waals surface area (Å²) in [6, 6.07) is 3.57. The molecule has 2 rings (SSSR count). The number of pyridine rings is 1. The molecular formula is C18H28N2O5. The van der Waals surface area contributed by atoms with E-state index in [1.165, 1.54) is 0 Å². The largest absolute Gasteiger partial charge is 0.491 e. The third-order valence-electron chi connectivity index (χ3n) is 3.71. The first-order valence-electron chi connectivity index (χ1n) is 8.52. The van der Waals surface area contributed by atoms with E-state index in [0.717, 1.165) is 6.42 Å². The van der Waals surface area contributed by atoms with Gasteiger partial charge in [-0.1, -0.05) is 0 Å². The second-order valence-corrected chi connectivity index (χ2v) is 7.13. The van der Waals surface area contributed by atoms with E-state index in [-0.39, 0.29) is 18.2 Å². The van der Waals surface area contributed by atoms with E-state index in [9.17, 15) is 4.79 Å². The van der Waals surface area contributed by atoms with E-state index in [0.29, 0.717) is 31.4 Å². The average molecular weight is 352 g/mol. The molecule has 7 heteroatoms. The highest BCUT2D eigenvalue weighted by Gasteiger charge is 2.36. The van der Waals surface area contributed by atoms with E-state index >= 15 is 0 Å². The number of aromatic nitrogens is 1. The Morgan fingerprint density at radius 1 is 1.36 bits per heavy atom. The lowest BCUT2D eigenvalue weighted by Gasteiger charge is -2.26. The van der Waals surface area contributed by atoms with Crippen LogP contribution in [0, 0.1) is 0 Å². The summed E-state index contributed by atoms with van der Waals surface area (Å²) in [7, 11) is 1.63. The van der Waals surface area contributed by atoms with Crippen LogP contribution < -0.4 is 9.47 Å². The summed E-state index contributed by atoms with van der Waals surface area (Å²) in [5.41, 5.74) is -0.509. The van der Waals surface area contributed by atoms with E-state index in [1.807, 2.05) is 27.7 Å². The first kappa shape index (κ1) is 19.3. The molecule has 1 amide bonds. The maximum Gasteiger partial charge on any atom is 0.410 e. The molecule has 0 aromatic carbocycles. The number of nitrogens with zero attached hydrogens (tertiary/aromatic N) is 2. The summed E-state index contributed by atoms with van der Waals surface area (Å²) < 4.78 is 21.9. The Kier molecular flexibility index (Phi) is 6.47. The molecule has 1 aliphatic rings. The Balaban J connectivity index is 1.91. The predicted octanol–water partition coefficient (Wildman–Crippen LogP) is 2.88. The lowest BCUT2D eigenvalue weighted by molar-refractivity contribution is 0.0223. The molecule has 0 aliphatic carbocycles. The zero-order chi connectivity index (χ0) is 18.4. The fourth-order valence-electron chi connectivity index (χ4n) is 2.60. The lowest BCUT2D eigenvalue weighted by atomic mass is 10.2. The maximum absolute atomic E-state index is 12.3. The van der Waals surface area contributed by atoms with Gasteiger partial charge in [-0.15, -0.1) is 0 Å². The van der Waals surface area contributed by atoms with Crippen molar-refractivity contribution in [3.8, 4) is 11.6 Å². The first-order chi connectivity index (χ1) is 11.8. The SMILES string of the molecule is COCCOc1ccnc(O[C@@H]2C[C@H](C)N(C(=O)OC(C)(C)C)C2)c1. The van der Waals surface area contributed by atoms with Crippen LogP contribution in [-0.2, 0) is 9.47 Å². The van der Waals surface area contributed by atoms with Gasteiger partial charge in [0.25, 0.3) is 0 Å². The minimum atomic E-state index is -0.509. The molecule has 2 atom stereocenters. The van der Waals surface area contributed by atoms with Crippen LogP contribution in [0.2, 0.25) is 0 Å². The van der Waals surface area contributed by atoms with Gasteiger partial charge in [0, 0.05) is 31.8 Å². The van der Waals surface area contributed by atoms with Crippen LogP contribution in [0.4, 0.5) is 4.79 Å². The van der Waals surface area contributed by atoms with Crippen molar-refractivity contribution in [2.75, 3.05) is 26.9 Å². The van der Waals surface area contributed by atoms with Crippen molar-refractivity contribution < 1.29 is 23.7 Å². The van der Waals surface area contributed by atoms with E-state index in [2.05, 4.69) is 4.98 Å². The number of rotatable bonds is 6. The number of hydrogen-bond donors (Lipinski definition) is 0. The molecule has 25 heavy (non-hydrogen) atoms. The van der Waals surface area contributed by atoms with Crippen LogP contribution in [0.25, 0.3) is 0 Å². The Morgan fingerprint density at radius 3 is 2.80 bits per heavy atom.